The zero-order valence-electron chi connectivity index (χ0n) is 6.42. The molecule has 1 heteroatoms. The van der Waals surface area contributed by atoms with Gasteiger partial charge in [-0.25, -0.2) is 0 Å². The second kappa shape index (κ2) is 6.27. The minimum Gasteiger partial charge on any atom is -0.303 e. The summed E-state index contributed by atoms with van der Waals surface area (Å²) in [7, 11) is 0. The fourth-order valence-electron chi connectivity index (χ4n) is 0.695. The molecule has 0 aliphatic heterocycles. The van der Waals surface area contributed by atoms with Crippen LogP contribution in [0.5, 0.6) is 0 Å². The minimum atomic E-state index is 0.489. The van der Waals surface area contributed by atoms with E-state index in [1.807, 2.05) is 6.08 Å². The van der Waals surface area contributed by atoms with E-state index in [-0.39, 0.29) is 0 Å². The second-order valence-corrected chi connectivity index (χ2v) is 2.34. The molecule has 0 amide bonds. The van der Waals surface area contributed by atoms with E-state index in [1.165, 1.54) is 0 Å². The van der Waals surface area contributed by atoms with Gasteiger partial charge < -0.3 is 4.79 Å². The van der Waals surface area contributed by atoms with Crippen molar-refractivity contribution in [2.45, 2.75) is 19.8 Å². The molecule has 0 aromatic rings. The molecule has 0 aliphatic rings. The molecule has 0 aliphatic carbocycles. The van der Waals surface area contributed by atoms with Crippen molar-refractivity contribution in [3.8, 4) is 0 Å². The lowest BCUT2D eigenvalue weighted by Gasteiger charge is -1.99. The fourth-order valence-corrected chi connectivity index (χ4v) is 0.695. The summed E-state index contributed by atoms with van der Waals surface area (Å²) in [6.45, 7) is 5.64. The molecule has 0 bridgehead atoms. The highest BCUT2D eigenvalue weighted by molar-refractivity contribution is 5.49. The van der Waals surface area contributed by atoms with E-state index in [0.29, 0.717) is 12.3 Å². The largest absolute Gasteiger partial charge is 0.303 e. The molecule has 0 aromatic heterocycles. The van der Waals surface area contributed by atoms with Crippen LogP contribution in [0, 0.1) is 5.92 Å². The van der Waals surface area contributed by atoms with Crippen LogP contribution in [0.2, 0.25) is 0 Å². The van der Waals surface area contributed by atoms with Crippen LogP contribution in [0.3, 0.4) is 0 Å². The molecular formula is C9H14O. The van der Waals surface area contributed by atoms with Crippen molar-refractivity contribution in [2.75, 3.05) is 0 Å². The lowest BCUT2D eigenvalue weighted by Crippen LogP contribution is -1.88. The van der Waals surface area contributed by atoms with Gasteiger partial charge in [-0.1, -0.05) is 31.7 Å². The maximum Gasteiger partial charge on any atom is 0.120 e. The Labute approximate surface area is 62.4 Å². The average Bonchev–Trinajstić information content (AvgIpc) is 1.97. The quantitative estimate of drug-likeness (QED) is 0.421. The van der Waals surface area contributed by atoms with Crippen LogP contribution in [0.1, 0.15) is 19.8 Å². The molecule has 0 rings (SSSR count). The first-order valence-corrected chi connectivity index (χ1v) is 3.54. The monoisotopic (exact) mass is 138 g/mol. The predicted octanol–water partition coefficient (Wildman–Crippen LogP) is 2.34. The average molecular weight is 138 g/mol. The van der Waals surface area contributed by atoms with Crippen molar-refractivity contribution in [1.29, 1.82) is 0 Å². The van der Waals surface area contributed by atoms with E-state index in [4.69, 9.17) is 0 Å². The zero-order valence-corrected chi connectivity index (χ0v) is 6.42. The highest BCUT2D eigenvalue weighted by atomic mass is 16.1. The summed E-state index contributed by atoms with van der Waals surface area (Å²) < 4.78 is 0. The Bertz CT molecular complexity index is 125. The van der Waals surface area contributed by atoms with Crippen molar-refractivity contribution in [3.05, 3.63) is 24.8 Å². The Hall–Kier alpha value is -0.850. The lowest BCUT2D eigenvalue weighted by molar-refractivity contribution is -0.108. The van der Waals surface area contributed by atoms with Gasteiger partial charge in [-0.15, -0.1) is 0 Å². The van der Waals surface area contributed by atoms with Gasteiger partial charge in [0.15, 0.2) is 0 Å². The third kappa shape index (κ3) is 5.29. The van der Waals surface area contributed by atoms with Crippen LogP contribution in [-0.2, 0) is 4.79 Å². The van der Waals surface area contributed by atoms with Crippen molar-refractivity contribution >= 4 is 6.29 Å². The van der Waals surface area contributed by atoms with Gasteiger partial charge in [0.05, 0.1) is 0 Å². The first-order chi connectivity index (χ1) is 4.81. The minimum absolute atomic E-state index is 0.489. The second-order valence-electron chi connectivity index (χ2n) is 2.34. The molecule has 0 heterocycles. The summed E-state index contributed by atoms with van der Waals surface area (Å²) in [6, 6.07) is 0. The summed E-state index contributed by atoms with van der Waals surface area (Å²) in [6.07, 6.45) is 8.26. The van der Waals surface area contributed by atoms with Gasteiger partial charge in [0.2, 0.25) is 0 Å². The molecule has 0 saturated heterocycles. The molecule has 0 aromatic carbocycles. The van der Waals surface area contributed by atoms with Crippen LogP contribution in [-0.4, -0.2) is 6.29 Å². The molecule has 10 heavy (non-hydrogen) atoms. The first-order valence-electron chi connectivity index (χ1n) is 3.54. The van der Waals surface area contributed by atoms with E-state index in [0.717, 1.165) is 12.7 Å². The topological polar surface area (TPSA) is 17.1 Å². The van der Waals surface area contributed by atoms with Gasteiger partial charge >= 0.3 is 0 Å². The number of rotatable bonds is 5. The summed E-state index contributed by atoms with van der Waals surface area (Å²) in [5.41, 5.74) is 0. The molecule has 0 unspecified atom stereocenters. The number of hydrogen-bond donors (Lipinski definition) is 0. The van der Waals surface area contributed by atoms with Crippen molar-refractivity contribution < 1.29 is 4.79 Å². The van der Waals surface area contributed by atoms with Crippen LogP contribution >= 0.6 is 0 Å². The fraction of sp³-hybridized carbons (Fsp3) is 0.444. The van der Waals surface area contributed by atoms with Gasteiger partial charge in [-0.05, 0) is 12.3 Å². The zero-order chi connectivity index (χ0) is 7.82. The highest BCUT2D eigenvalue weighted by Crippen LogP contribution is 2.04. The maximum atomic E-state index is 9.94. The van der Waals surface area contributed by atoms with E-state index in [9.17, 15) is 4.79 Å². The first kappa shape index (κ1) is 9.15. The molecule has 56 valence electrons. The Morgan fingerprint density at radius 2 is 2.30 bits per heavy atom. The van der Waals surface area contributed by atoms with Crippen LogP contribution in [0.15, 0.2) is 24.8 Å². The molecule has 0 radical (unpaired) electrons. The Morgan fingerprint density at radius 1 is 1.60 bits per heavy atom. The number of allylic oxidation sites excluding steroid dienone is 3. The van der Waals surface area contributed by atoms with E-state index in [1.54, 1.807) is 6.08 Å². The highest BCUT2D eigenvalue weighted by Gasteiger charge is 1.93. The van der Waals surface area contributed by atoms with Gasteiger partial charge in [-0.2, -0.15) is 0 Å². The lowest BCUT2D eigenvalue weighted by atomic mass is 10.1. The smallest absolute Gasteiger partial charge is 0.120 e. The summed E-state index contributed by atoms with van der Waals surface area (Å²) in [4.78, 5) is 9.94. The van der Waals surface area contributed by atoms with Crippen LogP contribution in [0.25, 0.3) is 0 Å². The normalized spacial score (nSPS) is 13.3. The molecular weight excluding hydrogens is 124 g/mol. The SMILES string of the molecule is C=C/C=C/[C@H](C)CCC=O. The van der Waals surface area contributed by atoms with Gasteiger partial charge in [-0.3, -0.25) is 0 Å². The number of carbonyl (C=O) groups excluding carboxylic acids is 1. The van der Waals surface area contributed by atoms with Gasteiger partial charge in [0.1, 0.15) is 6.29 Å². The third-order valence-corrected chi connectivity index (χ3v) is 1.32. The summed E-state index contributed by atoms with van der Waals surface area (Å²) in [5, 5.41) is 0. The predicted molar refractivity (Wildman–Crippen MR) is 43.8 cm³/mol. The van der Waals surface area contributed by atoms with Crippen molar-refractivity contribution in [3.63, 3.8) is 0 Å². The Morgan fingerprint density at radius 3 is 2.80 bits per heavy atom. The maximum absolute atomic E-state index is 9.94. The Balaban J connectivity index is 3.41. The van der Waals surface area contributed by atoms with Gasteiger partial charge in [0, 0.05) is 6.42 Å². The number of carbonyl (C=O) groups is 1. The molecule has 1 nitrogen and oxygen atoms in total. The Kier molecular flexibility index (Phi) is 5.74. The molecule has 0 saturated carbocycles. The number of hydrogen-bond acceptors (Lipinski definition) is 1. The molecule has 1 atom stereocenters. The molecule has 0 N–H and O–H groups in total. The standard InChI is InChI=1S/C9H14O/c1-3-4-6-9(2)7-5-8-10/h3-4,6,8-9H,1,5,7H2,2H3/b6-4+/t9-/m0/s1. The summed E-state index contributed by atoms with van der Waals surface area (Å²) in [5.74, 6) is 0.489. The van der Waals surface area contributed by atoms with Crippen molar-refractivity contribution in [1.82, 2.24) is 0 Å². The van der Waals surface area contributed by atoms with Crippen LogP contribution in [0.4, 0.5) is 0 Å². The van der Waals surface area contributed by atoms with E-state index in [2.05, 4.69) is 19.6 Å². The van der Waals surface area contributed by atoms with E-state index < -0.39 is 0 Å². The van der Waals surface area contributed by atoms with Crippen LogP contribution < -0.4 is 0 Å². The number of aldehydes is 1. The van der Waals surface area contributed by atoms with Gasteiger partial charge in [0.25, 0.3) is 0 Å². The summed E-state index contributed by atoms with van der Waals surface area (Å²) >= 11 is 0. The third-order valence-electron chi connectivity index (χ3n) is 1.32. The van der Waals surface area contributed by atoms with Crippen molar-refractivity contribution in [2.24, 2.45) is 5.92 Å². The van der Waals surface area contributed by atoms with E-state index >= 15 is 0 Å². The molecule has 0 spiro atoms. The molecule has 0 fully saturated rings.